The standard InChI is InChI=1S/C11H9BrFN3O2S/c12-8-2-1-7(5-10(8)14)19(17,18)16-11-3-4-15-6-9(11)13/h1-6H,14H2,(H,15,16). The molecule has 5 nitrogen and oxygen atoms in total. The van der Waals surface area contributed by atoms with Crippen LogP contribution in [0.5, 0.6) is 0 Å². The van der Waals surface area contributed by atoms with Crippen molar-refractivity contribution < 1.29 is 12.8 Å². The summed E-state index contributed by atoms with van der Waals surface area (Å²) >= 11 is 3.17. The molecule has 0 bridgehead atoms. The lowest BCUT2D eigenvalue weighted by Crippen LogP contribution is -2.14. The molecular weight excluding hydrogens is 337 g/mol. The number of sulfonamides is 1. The third kappa shape index (κ3) is 3.02. The molecule has 0 amide bonds. The number of aromatic nitrogens is 1. The molecule has 0 spiro atoms. The lowest BCUT2D eigenvalue weighted by atomic mass is 10.3. The van der Waals surface area contributed by atoms with Crippen molar-refractivity contribution in [2.75, 3.05) is 10.5 Å². The van der Waals surface area contributed by atoms with E-state index >= 15 is 0 Å². The van der Waals surface area contributed by atoms with Crippen LogP contribution in [0.3, 0.4) is 0 Å². The van der Waals surface area contributed by atoms with Gasteiger partial charge in [0.25, 0.3) is 10.0 Å². The van der Waals surface area contributed by atoms with Gasteiger partial charge in [0, 0.05) is 16.4 Å². The molecule has 1 aromatic heterocycles. The number of nitrogens with zero attached hydrogens (tertiary/aromatic N) is 1. The topological polar surface area (TPSA) is 85.1 Å². The zero-order valence-electron chi connectivity index (χ0n) is 9.47. The van der Waals surface area contributed by atoms with Gasteiger partial charge in [0.2, 0.25) is 0 Å². The second-order valence-corrected chi connectivity index (χ2v) is 6.18. The van der Waals surface area contributed by atoms with Crippen LogP contribution in [0.25, 0.3) is 0 Å². The van der Waals surface area contributed by atoms with E-state index in [4.69, 9.17) is 5.73 Å². The number of nitrogens with one attached hydrogen (secondary N) is 1. The number of hydrogen-bond acceptors (Lipinski definition) is 4. The second kappa shape index (κ2) is 5.14. The fourth-order valence-corrected chi connectivity index (χ4v) is 2.70. The maximum absolute atomic E-state index is 13.4. The van der Waals surface area contributed by atoms with Crippen molar-refractivity contribution in [3.8, 4) is 0 Å². The molecule has 0 saturated carbocycles. The van der Waals surface area contributed by atoms with Gasteiger partial charge in [-0.3, -0.25) is 9.71 Å². The number of anilines is 2. The van der Waals surface area contributed by atoms with Crippen LogP contribution in [-0.4, -0.2) is 13.4 Å². The number of nitrogen functional groups attached to an aromatic ring is 1. The number of rotatable bonds is 3. The molecule has 2 aromatic rings. The Kier molecular flexibility index (Phi) is 3.72. The summed E-state index contributed by atoms with van der Waals surface area (Å²) in [5, 5.41) is 0. The first-order valence-electron chi connectivity index (χ1n) is 5.07. The van der Waals surface area contributed by atoms with E-state index in [0.29, 0.717) is 4.47 Å². The van der Waals surface area contributed by atoms with Gasteiger partial charge in [-0.05, 0) is 40.2 Å². The molecule has 0 radical (unpaired) electrons. The molecule has 1 aromatic carbocycles. The molecule has 0 atom stereocenters. The Bertz CT molecular complexity index is 722. The van der Waals surface area contributed by atoms with E-state index in [1.165, 1.54) is 30.5 Å². The van der Waals surface area contributed by atoms with Gasteiger partial charge < -0.3 is 5.73 Å². The highest BCUT2D eigenvalue weighted by atomic mass is 79.9. The van der Waals surface area contributed by atoms with E-state index in [1.54, 1.807) is 0 Å². The SMILES string of the molecule is Nc1cc(S(=O)(=O)Nc2ccncc2F)ccc1Br. The van der Waals surface area contributed by atoms with Crippen LogP contribution in [0.4, 0.5) is 15.8 Å². The Morgan fingerprint density at radius 2 is 2.05 bits per heavy atom. The van der Waals surface area contributed by atoms with Gasteiger partial charge in [0.1, 0.15) is 0 Å². The van der Waals surface area contributed by atoms with E-state index in [-0.39, 0.29) is 16.3 Å². The van der Waals surface area contributed by atoms with Gasteiger partial charge in [0.15, 0.2) is 5.82 Å². The minimum absolute atomic E-state index is 0.0515. The predicted molar refractivity (Wildman–Crippen MR) is 73.6 cm³/mol. The number of benzene rings is 1. The lowest BCUT2D eigenvalue weighted by Gasteiger charge is -2.09. The summed E-state index contributed by atoms with van der Waals surface area (Å²) in [6.45, 7) is 0. The molecule has 100 valence electrons. The van der Waals surface area contributed by atoms with Crippen molar-refractivity contribution in [2.24, 2.45) is 0 Å². The van der Waals surface area contributed by atoms with Gasteiger partial charge in [-0.25, -0.2) is 12.8 Å². The first kappa shape index (κ1) is 13.8. The van der Waals surface area contributed by atoms with Crippen molar-refractivity contribution in [1.82, 2.24) is 4.98 Å². The van der Waals surface area contributed by atoms with Crippen LogP contribution in [-0.2, 0) is 10.0 Å². The van der Waals surface area contributed by atoms with Gasteiger partial charge in [-0.15, -0.1) is 0 Å². The van der Waals surface area contributed by atoms with E-state index in [1.807, 2.05) is 0 Å². The van der Waals surface area contributed by atoms with Crippen LogP contribution in [0.15, 0.2) is 46.0 Å². The molecule has 0 aliphatic heterocycles. The van der Waals surface area contributed by atoms with Crippen LogP contribution < -0.4 is 10.5 Å². The highest BCUT2D eigenvalue weighted by Crippen LogP contribution is 2.24. The number of hydrogen-bond donors (Lipinski definition) is 2. The highest BCUT2D eigenvalue weighted by Gasteiger charge is 2.17. The molecule has 8 heteroatoms. The average Bonchev–Trinajstić information content (AvgIpc) is 2.35. The van der Waals surface area contributed by atoms with Crippen LogP contribution in [0.1, 0.15) is 0 Å². The zero-order chi connectivity index (χ0) is 14.0. The first-order valence-corrected chi connectivity index (χ1v) is 7.35. The molecule has 0 aliphatic carbocycles. The highest BCUT2D eigenvalue weighted by molar-refractivity contribution is 9.10. The van der Waals surface area contributed by atoms with E-state index in [9.17, 15) is 12.8 Å². The molecule has 2 rings (SSSR count). The monoisotopic (exact) mass is 345 g/mol. The third-order valence-electron chi connectivity index (χ3n) is 2.29. The van der Waals surface area contributed by atoms with E-state index in [0.717, 1.165) is 6.20 Å². The summed E-state index contributed by atoms with van der Waals surface area (Å²) in [7, 11) is -3.89. The van der Waals surface area contributed by atoms with Crippen LogP contribution in [0.2, 0.25) is 0 Å². The average molecular weight is 346 g/mol. The Morgan fingerprint density at radius 3 is 2.68 bits per heavy atom. The summed E-state index contributed by atoms with van der Waals surface area (Å²) in [5.41, 5.74) is 5.72. The number of nitrogens with two attached hydrogens (primary N) is 1. The molecule has 1 heterocycles. The van der Waals surface area contributed by atoms with Crippen molar-refractivity contribution in [2.45, 2.75) is 4.90 Å². The van der Waals surface area contributed by atoms with Crippen molar-refractivity contribution in [1.29, 1.82) is 0 Å². The summed E-state index contributed by atoms with van der Waals surface area (Å²) in [6, 6.07) is 5.38. The predicted octanol–water partition coefficient (Wildman–Crippen LogP) is 2.37. The third-order valence-corrected chi connectivity index (χ3v) is 4.38. The minimum Gasteiger partial charge on any atom is -0.398 e. The van der Waals surface area contributed by atoms with Gasteiger partial charge >= 0.3 is 0 Å². The van der Waals surface area contributed by atoms with Crippen molar-refractivity contribution in [3.05, 3.63) is 46.9 Å². The number of pyridine rings is 1. The minimum atomic E-state index is -3.89. The van der Waals surface area contributed by atoms with E-state index in [2.05, 4.69) is 25.6 Å². The van der Waals surface area contributed by atoms with Gasteiger partial charge in [-0.2, -0.15) is 0 Å². The first-order chi connectivity index (χ1) is 8.90. The van der Waals surface area contributed by atoms with Gasteiger partial charge in [-0.1, -0.05) is 0 Å². The van der Waals surface area contributed by atoms with Crippen molar-refractivity contribution in [3.63, 3.8) is 0 Å². The summed E-state index contributed by atoms with van der Waals surface area (Å²) < 4.78 is 40.2. The smallest absolute Gasteiger partial charge is 0.262 e. The Labute approximate surface area is 117 Å². The molecule has 0 saturated heterocycles. The Hall–Kier alpha value is -1.67. The molecule has 0 unspecified atom stereocenters. The molecule has 0 fully saturated rings. The normalized spacial score (nSPS) is 11.3. The fourth-order valence-electron chi connectivity index (χ4n) is 1.35. The maximum Gasteiger partial charge on any atom is 0.262 e. The summed E-state index contributed by atoms with van der Waals surface area (Å²) in [6.07, 6.45) is 2.21. The zero-order valence-corrected chi connectivity index (χ0v) is 11.9. The molecule has 19 heavy (non-hydrogen) atoms. The molecular formula is C11H9BrFN3O2S. The Morgan fingerprint density at radius 1 is 1.32 bits per heavy atom. The quantitative estimate of drug-likeness (QED) is 0.836. The number of halogens is 2. The maximum atomic E-state index is 13.4. The van der Waals surface area contributed by atoms with Crippen molar-refractivity contribution >= 4 is 37.3 Å². The Balaban J connectivity index is 2.38. The summed E-state index contributed by atoms with van der Waals surface area (Å²) in [5.74, 6) is -0.754. The second-order valence-electron chi connectivity index (χ2n) is 3.64. The van der Waals surface area contributed by atoms with Gasteiger partial charge in [0.05, 0.1) is 16.8 Å². The molecule has 3 N–H and O–H groups in total. The lowest BCUT2D eigenvalue weighted by molar-refractivity contribution is 0.598. The van der Waals surface area contributed by atoms with E-state index < -0.39 is 15.8 Å². The van der Waals surface area contributed by atoms with Crippen LogP contribution >= 0.6 is 15.9 Å². The molecule has 0 aliphatic rings. The summed E-state index contributed by atoms with van der Waals surface area (Å²) in [4.78, 5) is 3.49. The fraction of sp³-hybridized carbons (Fsp3) is 0. The largest absolute Gasteiger partial charge is 0.398 e. The van der Waals surface area contributed by atoms with Crippen LogP contribution in [0, 0.1) is 5.82 Å².